The van der Waals surface area contributed by atoms with Crippen LogP contribution >= 0.6 is 11.6 Å². The van der Waals surface area contributed by atoms with Crippen molar-refractivity contribution in [3.8, 4) is 0 Å². The first-order chi connectivity index (χ1) is 20.6. The van der Waals surface area contributed by atoms with Crippen molar-refractivity contribution < 1.29 is 23.9 Å². The monoisotopic (exact) mass is 622 g/mol. The van der Waals surface area contributed by atoms with Crippen molar-refractivity contribution in [2.75, 3.05) is 7.05 Å². The number of hydrogen-bond donors (Lipinski definition) is 2. The lowest BCUT2D eigenvalue weighted by atomic mass is 9.84. The molecule has 0 aliphatic heterocycles. The molecule has 0 bridgehead atoms. The predicted octanol–water partition coefficient (Wildman–Crippen LogP) is 5.10. The van der Waals surface area contributed by atoms with E-state index in [1.807, 2.05) is 25.2 Å². The molecule has 2 N–H and O–H groups in total. The summed E-state index contributed by atoms with van der Waals surface area (Å²) in [4.78, 5) is 53.5. The second-order valence-electron chi connectivity index (χ2n) is 12.1. The van der Waals surface area contributed by atoms with Crippen LogP contribution in [0.4, 0.5) is 4.79 Å². The van der Waals surface area contributed by atoms with E-state index in [-0.39, 0.29) is 36.8 Å². The minimum Gasteiger partial charge on any atom is -0.445 e. The highest BCUT2D eigenvalue weighted by atomic mass is 35.5. The number of carbonyl (C=O) groups excluding carboxylic acids is 4. The highest BCUT2D eigenvalue weighted by molar-refractivity contribution is 6.30. The Kier molecular flexibility index (Phi) is 11.4. The number of alkyl carbamates (subject to hydrolysis) is 1. The number of likely N-dealkylation sites (N-methyl/N-ethyl adjacent to an activating group) is 1. The van der Waals surface area contributed by atoms with Crippen LogP contribution in [0.5, 0.6) is 0 Å². The fourth-order valence-electron chi connectivity index (χ4n) is 5.89. The van der Waals surface area contributed by atoms with E-state index in [9.17, 15) is 19.2 Å². The van der Waals surface area contributed by atoms with Crippen LogP contribution in [0.1, 0.15) is 75.3 Å². The number of ether oxygens (including phenoxy) is 1. The molecule has 3 radical (unpaired) electrons. The number of carbonyl (C=O) groups is 4. The van der Waals surface area contributed by atoms with Crippen molar-refractivity contribution in [2.24, 2.45) is 5.92 Å². The number of nitrogens with one attached hydrogen (secondary N) is 2. The van der Waals surface area contributed by atoms with Gasteiger partial charge in [-0.2, -0.15) is 0 Å². The van der Waals surface area contributed by atoms with Crippen molar-refractivity contribution >= 4 is 46.0 Å². The molecule has 2 aromatic rings. The molecule has 0 saturated heterocycles. The quantitative estimate of drug-likeness (QED) is 0.225. The Morgan fingerprint density at radius 1 is 1.09 bits per heavy atom. The third-order valence-corrected chi connectivity index (χ3v) is 9.46. The van der Waals surface area contributed by atoms with Gasteiger partial charge in [0.05, 0.1) is 15.4 Å². The van der Waals surface area contributed by atoms with Crippen LogP contribution in [0, 0.1) is 5.92 Å². The van der Waals surface area contributed by atoms with Crippen LogP contribution in [-0.4, -0.2) is 63.1 Å². The van der Waals surface area contributed by atoms with Gasteiger partial charge in [-0.3, -0.25) is 9.59 Å². The van der Waals surface area contributed by atoms with Crippen LogP contribution in [0.15, 0.2) is 54.6 Å². The molecule has 229 valence electrons. The minimum absolute atomic E-state index is 0.00191. The standard InChI is InChI=1S/C33H41ClN3O5Si/c1-37(32(17-18-32)21-25-11-6-3-7-12-25)29(39)15-16-33(43,23-38)36-30(40)28(20-24-9-4-2-5-10-24)35-31(41)42-22-26-13-8-14-27(34)19-26/h3,6-8,11-14,19,23-24,28H,2,4-5,9-10,15-18,20-22H2,1H3,(H,35,41)(H,36,40)/t28-,33?/m0/s1. The summed E-state index contributed by atoms with van der Waals surface area (Å²) in [7, 11) is 5.26. The number of hydrogen-bond acceptors (Lipinski definition) is 5. The van der Waals surface area contributed by atoms with Gasteiger partial charge in [-0.05, 0) is 61.3 Å². The van der Waals surface area contributed by atoms with Gasteiger partial charge < -0.3 is 25.1 Å². The van der Waals surface area contributed by atoms with E-state index in [2.05, 4.69) is 33.0 Å². The Bertz CT molecular complexity index is 1270. The zero-order valence-corrected chi connectivity index (χ0v) is 26.5. The molecule has 8 nitrogen and oxygen atoms in total. The molecule has 0 aromatic heterocycles. The van der Waals surface area contributed by atoms with Gasteiger partial charge in [0, 0.05) is 24.0 Å². The Morgan fingerprint density at radius 2 is 1.79 bits per heavy atom. The number of aldehydes is 1. The first-order valence-corrected chi connectivity index (χ1v) is 16.0. The highest BCUT2D eigenvalue weighted by Gasteiger charge is 2.48. The minimum atomic E-state index is -1.46. The Hall–Kier alpha value is -3.17. The summed E-state index contributed by atoms with van der Waals surface area (Å²) in [6.45, 7) is 0.00191. The van der Waals surface area contributed by atoms with Crippen LogP contribution in [-0.2, 0) is 32.1 Å². The average molecular weight is 623 g/mol. The molecule has 2 fully saturated rings. The molecule has 0 heterocycles. The van der Waals surface area contributed by atoms with Crippen LogP contribution in [0.3, 0.4) is 0 Å². The van der Waals surface area contributed by atoms with E-state index >= 15 is 0 Å². The average Bonchev–Trinajstić information content (AvgIpc) is 3.79. The van der Waals surface area contributed by atoms with E-state index in [0.29, 0.717) is 17.7 Å². The van der Waals surface area contributed by atoms with Crippen LogP contribution in [0.2, 0.25) is 5.02 Å². The van der Waals surface area contributed by atoms with E-state index in [4.69, 9.17) is 16.3 Å². The summed E-state index contributed by atoms with van der Waals surface area (Å²) in [5.41, 5.74) is 1.69. The molecule has 10 heteroatoms. The summed E-state index contributed by atoms with van der Waals surface area (Å²) < 4.78 is 5.37. The van der Waals surface area contributed by atoms with Gasteiger partial charge in [-0.25, -0.2) is 4.79 Å². The third-order valence-electron chi connectivity index (χ3n) is 8.73. The van der Waals surface area contributed by atoms with Crippen LogP contribution in [0.25, 0.3) is 0 Å². The fraction of sp³-hybridized carbons (Fsp3) is 0.515. The van der Waals surface area contributed by atoms with Gasteiger partial charge >= 0.3 is 6.09 Å². The molecular weight excluding hydrogens is 582 g/mol. The van der Waals surface area contributed by atoms with E-state index < -0.39 is 23.2 Å². The molecule has 2 aliphatic carbocycles. The summed E-state index contributed by atoms with van der Waals surface area (Å²) in [5, 5.41) is 4.54. The van der Waals surface area contributed by atoms with Crippen molar-refractivity contribution in [2.45, 2.75) is 94.0 Å². The van der Waals surface area contributed by atoms with Gasteiger partial charge in [-0.15, -0.1) is 0 Å². The molecule has 2 aromatic carbocycles. The maximum absolute atomic E-state index is 13.5. The lowest BCUT2D eigenvalue weighted by Crippen LogP contribution is -2.57. The molecule has 43 heavy (non-hydrogen) atoms. The Morgan fingerprint density at radius 3 is 2.44 bits per heavy atom. The second kappa shape index (κ2) is 15.0. The van der Waals surface area contributed by atoms with Crippen molar-refractivity contribution in [1.29, 1.82) is 0 Å². The Balaban J connectivity index is 1.34. The number of amides is 3. The van der Waals surface area contributed by atoms with Crippen LogP contribution < -0.4 is 10.6 Å². The van der Waals surface area contributed by atoms with E-state index in [1.165, 1.54) is 5.56 Å². The number of nitrogens with zero attached hydrogens (tertiary/aromatic N) is 1. The number of rotatable bonds is 14. The smallest absolute Gasteiger partial charge is 0.408 e. The molecule has 3 amide bonds. The van der Waals surface area contributed by atoms with Gasteiger partial charge in [0.15, 0.2) is 0 Å². The summed E-state index contributed by atoms with van der Waals surface area (Å²) in [6.07, 6.45) is 8.33. The summed E-state index contributed by atoms with van der Waals surface area (Å²) in [5.74, 6) is -0.322. The zero-order chi connectivity index (χ0) is 30.9. The first-order valence-electron chi connectivity index (χ1n) is 15.1. The largest absolute Gasteiger partial charge is 0.445 e. The molecule has 2 atom stereocenters. The maximum atomic E-state index is 13.5. The van der Waals surface area contributed by atoms with Crippen molar-refractivity contribution in [1.82, 2.24) is 15.5 Å². The molecule has 4 rings (SSSR count). The molecule has 2 aliphatic rings. The van der Waals surface area contributed by atoms with Gasteiger partial charge in [-0.1, -0.05) is 86.2 Å². The van der Waals surface area contributed by atoms with Gasteiger partial charge in [0.1, 0.15) is 18.9 Å². The lowest BCUT2D eigenvalue weighted by molar-refractivity contribution is -0.134. The third kappa shape index (κ3) is 9.66. The molecular formula is C33H41ClN3O5Si. The normalized spacial score (nSPS) is 18.0. The topological polar surface area (TPSA) is 105 Å². The summed E-state index contributed by atoms with van der Waals surface area (Å²) >= 11 is 6.02. The molecule has 2 saturated carbocycles. The molecule has 1 unspecified atom stereocenters. The first kappa shape index (κ1) is 32.7. The number of benzene rings is 2. The highest BCUT2D eigenvalue weighted by Crippen LogP contribution is 2.44. The number of halogens is 1. The van der Waals surface area contributed by atoms with Crippen molar-refractivity contribution in [3.05, 3.63) is 70.7 Å². The summed E-state index contributed by atoms with van der Waals surface area (Å²) in [6, 6.07) is 16.2. The van der Waals surface area contributed by atoms with Crippen molar-refractivity contribution in [3.63, 3.8) is 0 Å². The zero-order valence-electron chi connectivity index (χ0n) is 24.8. The van der Waals surface area contributed by atoms with Gasteiger partial charge in [0.2, 0.25) is 11.8 Å². The SMILES string of the molecule is CN(C(=O)CCC([Si])(C=O)NC(=O)[C@H](CC1CCCCC1)NC(=O)OCc1cccc(Cl)c1)C1(Cc2ccccc2)CC1. The van der Waals surface area contributed by atoms with Gasteiger partial charge in [0.25, 0.3) is 0 Å². The predicted molar refractivity (Wildman–Crippen MR) is 167 cm³/mol. The lowest BCUT2D eigenvalue weighted by Gasteiger charge is -2.32. The fourth-order valence-corrected chi connectivity index (χ4v) is 6.35. The Labute approximate surface area is 262 Å². The molecule has 0 spiro atoms. The van der Waals surface area contributed by atoms with E-state index in [1.54, 1.807) is 29.2 Å². The van der Waals surface area contributed by atoms with E-state index in [0.717, 1.165) is 56.9 Å². The second-order valence-corrected chi connectivity index (χ2v) is 13.4. The maximum Gasteiger partial charge on any atom is 0.408 e.